The van der Waals surface area contributed by atoms with Crippen LogP contribution < -0.4 is 5.32 Å². The molecular weight excluding hydrogens is 286 g/mol. The third kappa shape index (κ3) is 3.09. The Labute approximate surface area is 139 Å². The molecule has 0 aromatic heterocycles. The topological polar surface area (TPSA) is 35.6 Å². The molecule has 1 saturated heterocycles. The van der Waals surface area contributed by atoms with Gasteiger partial charge in [0.1, 0.15) is 0 Å². The second-order valence-electron chi connectivity index (χ2n) is 7.66. The van der Waals surface area contributed by atoms with Crippen LogP contribution in [0.5, 0.6) is 0 Å². The quantitative estimate of drug-likeness (QED) is 0.910. The molecule has 3 rings (SSSR count). The third-order valence-corrected chi connectivity index (χ3v) is 5.41. The summed E-state index contributed by atoms with van der Waals surface area (Å²) in [6.45, 7) is 12.4. The van der Waals surface area contributed by atoms with Gasteiger partial charge in [0.15, 0.2) is 0 Å². The van der Waals surface area contributed by atoms with E-state index in [-0.39, 0.29) is 17.5 Å². The normalized spacial score (nSPS) is 24.5. The van der Waals surface area contributed by atoms with Crippen molar-refractivity contribution in [2.75, 3.05) is 26.2 Å². The lowest BCUT2D eigenvalue weighted by Crippen LogP contribution is -2.58. The first-order valence-electron chi connectivity index (χ1n) is 8.81. The summed E-state index contributed by atoms with van der Waals surface area (Å²) >= 11 is 0. The van der Waals surface area contributed by atoms with E-state index in [9.17, 15) is 4.79 Å². The molecule has 1 aromatic rings. The highest BCUT2D eigenvalue weighted by molar-refractivity contribution is 5.74. The zero-order valence-corrected chi connectivity index (χ0v) is 14.8. The van der Waals surface area contributed by atoms with Crippen molar-refractivity contribution in [3.63, 3.8) is 0 Å². The standard InChI is InChI=1S/C19H29N3O/c1-5-14(2)20-18(23)21-10-11-22-13-19(3,4)16-9-7-6-8-15(16)17(22)12-21/h6-9,14,17H,5,10-13H2,1-4H3,(H,20,23). The van der Waals surface area contributed by atoms with E-state index in [0.717, 1.165) is 32.6 Å². The Morgan fingerprint density at radius 3 is 2.83 bits per heavy atom. The predicted octanol–water partition coefficient (Wildman–Crippen LogP) is 3.14. The smallest absolute Gasteiger partial charge is 0.317 e. The molecule has 23 heavy (non-hydrogen) atoms. The van der Waals surface area contributed by atoms with Crippen LogP contribution in [0.3, 0.4) is 0 Å². The van der Waals surface area contributed by atoms with Crippen LogP contribution in [-0.2, 0) is 5.41 Å². The van der Waals surface area contributed by atoms with E-state index >= 15 is 0 Å². The third-order valence-electron chi connectivity index (χ3n) is 5.41. The van der Waals surface area contributed by atoms with E-state index in [0.29, 0.717) is 6.04 Å². The Morgan fingerprint density at radius 1 is 1.35 bits per heavy atom. The summed E-state index contributed by atoms with van der Waals surface area (Å²) in [6.07, 6.45) is 0.964. The van der Waals surface area contributed by atoms with Gasteiger partial charge in [-0.25, -0.2) is 4.79 Å². The molecule has 0 spiro atoms. The van der Waals surface area contributed by atoms with E-state index in [2.05, 4.69) is 62.2 Å². The van der Waals surface area contributed by atoms with Crippen molar-refractivity contribution >= 4 is 6.03 Å². The second kappa shape index (κ2) is 6.16. The van der Waals surface area contributed by atoms with Crippen molar-refractivity contribution in [3.8, 4) is 0 Å². The Hall–Kier alpha value is -1.55. The minimum atomic E-state index is 0.0846. The summed E-state index contributed by atoms with van der Waals surface area (Å²) < 4.78 is 0. The molecule has 0 radical (unpaired) electrons. The molecule has 2 heterocycles. The van der Waals surface area contributed by atoms with Gasteiger partial charge < -0.3 is 10.2 Å². The first-order valence-corrected chi connectivity index (χ1v) is 8.81. The zero-order valence-electron chi connectivity index (χ0n) is 14.8. The maximum atomic E-state index is 12.5. The molecule has 1 N–H and O–H groups in total. The lowest BCUT2D eigenvalue weighted by molar-refractivity contribution is 0.0606. The molecular formula is C19H29N3O. The first-order chi connectivity index (χ1) is 10.9. The van der Waals surface area contributed by atoms with Gasteiger partial charge in [-0.3, -0.25) is 4.90 Å². The Balaban J connectivity index is 1.81. The molecule has 2 aliphatic heterocycles. The second-order valence-corrected chi connectivity index (χ2v) is 7.66. The number of piperazine rings is 1. The largest absolute Gasteiger partial charge is 0.336 e. The van der Waals surface area contributed by atoms with Crippen molar-refractivity contribution in [1.82, 2.24) is 15.1 Å². The van der Waals surface area contributed by atoms with Crippen LogP contribution in [0.2, 0.25) is 0 Å². The molecule has 4 nitrogen and oxygen atoms in total. The minimum Gasteiger partial charge on any atom is -0.336 e. The summed E-state index contributed by atoms with van der Waals surface area (Å²) in [5.74, 6) is 0. The average Bonchev–Trinajstić information content (AvgIpc) is 2.54. The predicted molar refractivity (Wildman–Crippen MR) is 93.6 cm³/mol. The van der Waals surface area contributed by atoms with E-state index in [4.69, 9.17) is 0 Å². The van der Waals surface area contributed by atoms with Crippen LogP contribution in [0.1, 0.15) is 51.3 Å². The summed E-state index contributed by atoms with van der Waals surface area (Å²) in [5, 5.41) is 3.10. The maximum absolute atomic E-state index is 12.5. The van der Waals surface area contributed by atoms with Gasteiger partial charge >= 0.3 is 6.03 Å². The molecule has 2 atom stereocenters. The van der Waals surface area contributed by atoms with Gasteiger partial charge in [0.2, 0.25) is 0 Å². The van der Waals surface area contributed by atoms with Crippen molar-refractivity contribution < 1.29 is 4.79 Å². The van der Waals surface area contributed by atoms with Gasteiger partial charge in [0.25, 0.3) is 0 Å². The monoisotopic (exact) mass is 315 g/mol. The lowest BCUT2D eigenvalue weighted by atomic mass is 9.75. The highest BCUT2D eigenvalue weighted by atomic mass is 16.2. The van der Waals surface area contributed by atoms with Crippen LogP contribution in [-0.4, -0.2) is 48.1 Å². The fourth-order valence-corrected chi connectivity index (χ4v) is 3.89. The fourth-order valence-electron chi connectivity index (χ4n) is 3.89. The SMILES string of the molecule is CCC(C)NC(=O)N1CCN2CC(C)(C)c3ccccc3C2C1. The van der Waals surface area contributed by atoms with Gasteiger partial charge in [-0.1, -0.05) is 45.0 Å². The lowest BCUT2D eigenvalue weighted by Gasteiger charge is -2.50. The number of carbonyl (C=O) groups is 1. The molecule has 1 aromatic carbocycles. The summed E-state index contributed by atoms with van der Waals surface area (Å²) in [7, 11) is 0. The van der Waals surface area contributed by atoms with Gasteiger partial charge in [0.05, 0.1) is 6.04 Å². The summed E-state index contributed by atoms with van der Waals surface area (Å²) in [6, 6.07) is 9.40. The van der Waals surface area contributed by atoms with E-state index < -0.39 is 0 Å². The van der Waals surface area contributed by atoms with Crippen LogP contribution >= 0.6 is 0 Å². The van der Waals surface area contributed by atoms with Crippen molar-refractivity contribution in [2.45, 2.75) is 51.6 Å². The van der Waals surface area contributed by atoms with Crippen LogP contribution in [0.25, 0.3) is 0 Å². The number of hydrogen-bond donors (Lipinski definition) is 1. The molecule has 0 bridgehead atoms. The van der Waals surface area contributed by atoms with E-state index in [1.165, 1.54) is 11.1 Å². The van der Waals surface area contributed by atoms with Crippen molar-refractivity contribution in [3.05, 3.63) is 35.4 Å². The number of fused-ring (bicyclic) bond motifs is 3. The van der Waals surface area contributed by atoms with Crippen LogP contribution in [0.15, 0.2) is 24.3 Å². The van der Waals surface area contributed by atoms with Crippen molar-refractivity contribution in [2.24, 2.45) is 0 Å². The summed E-state index contributed by atoms with van der Waals surface area (Å²) in [5.41, 5.74) is 3.00. The Morgan fingerprint density at radius 2 is 2.09 bits per heavy atom. The van der Waals surface area contributed by atoms with Crippen LogP contribution in [0, 0.1) is 0 Å². The number of nitrogens with one attached hydrogen (secondary N) is 1. The first kappa shape index (κ1) is 16.3. The Bertz CT molecular complexity index is 584. The molecule has 1 fully saturated rings. The highest BCUT2D eigenvalue weighted by Gasteiger charge is 2.40. The number of urea groups is 1. The van der Waals surface area contributed by atoms with Crippen LogP contribution in [0.4, 0.5) is 4.79 Å². The van der Waals surface area contributed by atoms with Gasteiger partial charge in [-0.05, 0) is 24.5 Å². The molecule has 2 aliphatic rings. The minimum absolute atomic E-state index is 0.0846. The number of amides is 2. The molecule has 4 heteroatoms. The zero-order chi connectivity index (χ0) is 16.6. The molecule has 0 aliphatic carbocycles. The van der Waals surface area contributed by atoms with Gasteiger partial charge in [-0.15, -0.1) is 0 Å². The molecule has 0 saturated carbocycles. The average molecular weight is 315 g/mol. The van der Waals surface area contributed by atoms with Gasteiger partial charge in [-0.2, -0.15) is 0 Å². The van der Waals surface area contributed by atoms with E-state index in [1.807, 2.05) is 4.90 Å². The highest BCUT2D eigenvalue weighted by Crippen LogP contribution is 2.40. The Kier molecular flexibility index (Phi) is 4.37. The molecule has 2 amide bonds. The molecule has 126 valence electrons. The van der Waals surface area contributed by atoms with Gasteiger partial charge in [0, 0.05) is 37.6 Å². The number of nitrogens with zero attached hydrogens (tertiary/aromatic N) is 2. The number of carbonyl (C=O) groups excluding carboxylic acids is 1. The number of rotatable bonds is 2. The number of benzene rings is 1. The fraction of sp³-hybridized carbons (Fsp3) is 0.632. The van der Waals surface area contributed by atoms with Crippen molar-refractivity contribution in [1.29, 1.82) is 0 Å². The maximum Gasteiger partial charge on any atom is 0.317 e. The number of hydrogen-bond acceptors (Lipinski definition) is 2. The summed E-state index contributed by atoms with van der Waals surface area (Å²) in [4.78, 5) is 17.0. The van der Waals surface area contributed by atoms with E-state index in [1.54, 1.807) is 0 Å². The molecule has 2 unspecified atom stereocenters.